The van der Waals surface area contributed by atoms with Gasteiger partial charge in [0.2, 0.25) is 0 Å². The van der Waals surface area contributed by atoms with Gasteiger partial charge in [0.05, 0.1) is 0 Å². The van der Waals surface area contributed by atoms with Crippen LogP contribution in [0.1, 0.15) is 61.3 Å². The zero-order chi connectivity index (χ0) is 18.9. The van der Waals surface area contributed by atoms with Crippen molar-refractivity contribution in [3.05, 3.63) is 101 Å². The summed E-state index contributed by atoms with van der Waals surface area (Å²) in [6.45, 7) is 6.31. The van der Waals surface area contributed by atoms with E-state index in [-0.39, 0.29) is 5.60 Å². The van der Waals surface area contributed by atoms with Gasteiger partial charge in [-0.05, 0) is 73.9 Å². The van der Waals surface area contributed by atoms with Crippen LogP contribution in [0.25, 0.3) is 0 Å². The molecule has 0 aromatic heterocycles. The quantitative estimate of drug-likeness (QED) is 0.506. The van der Waals surface area contributed by atoms with Gasteiger partial charge in [0.25, 0.3) is 0 Å². The Kier molecular flexibility index (Phi) is 4.78. The van der Waals surface area contributed by atoms with Crippen LogP contribution < -0.4 is 4.74 Å². The maximum atomic E-state index is 6.12. The van der Waals surface area contributed by atoms with Gasteiger partial charge >= 0.3 is 0 Å². The third kappa shape index (κ3) is 3.93. The fourth-order valence-electron chi connectivity index (χ4n) is 4.35. The molecule has 0 saturated heterocycles. The molecule has 0 unspecified atom stereocenters. The van der Waals surface area contributed by atoms with E-state index in [1.165, 1.54) is 22.3 Å². The van der Waals surface area contributed by atoms with E-state index in [4.69, 9.17) is 4.74 Å². The van der Waals surface area contributed by atoms with E-state index >= 15 is 0 Å². The molecule has 4 rings (SSSR count). The number of hydrogen-bond acceptors (Lipinski definition) is 1. The van der Waals surface area contributed by atoms with Gasteiger partial charge in [-0.2, -0.15) is 0 Å². The Morgan fingerprint density at radius 2 is 1.41 bits per heavy atom. The van der Waals surface area contributed by atoms with Gasteiger partial charge < -0.3 is 4.74 Å². The third-order valence-electron chi connectivity index (χ3n) is 5.39. The normalized spacial score (nSPS) is 19.4. The van der Waals surface area contributed by atoms with E-state index < -0.39 is 0 Å². The molecule has 27 heavy (non-hydrogen) atoms. The van der Waals surface area contributed by atoms with Crippen molar-refractivity contribution in [1.82, 2.24) is 0 Å². The molecule has 0 spiro atoms. The second-order valence-electron chi connectivity index (χ2n) is 8.52. The second-order valence-corrected chi connectivity index (χ2v) is 8.52. The first-order chi connectivity index (χ1) is 13.0. The highest BCUT2D eigenvalue weighted by Crippen LogP contribution is 2.47. The average molecular weight is 357 g/mol. The van der Waals surface area contributed by atoms with Gasteiger partial charge in [-0.3, -0.25) is 0 Å². The highest BCUT2D eigenvalue weighted by atomic mass is 16.5. The Morgan fingerprint density at radius 1 is 0.778 bits per heavy atom. The molecule has 1 heteroatoms. The van der Waals surface area contributed by atoms with E-state index in [1.807, 2.05) is 0 Å². The topological polar surface area (TPSA) is 9.23 Å². The molecule has 2 atom stereocenters. The fourth-order valence-corrected chi connectivity index (χ4v) is 4.35. The zero-order valence-corrected chi connectivity index (χ0v) is 16.5. The minimum atomic E-state index is -0.172. The van der Waals surface area contributed by atoms with Crippen molar-refractivity contribution < 1.29 is 4.74 Å². The molecular formula is C26H28O. The van der Waals surface area contributed by atoms with Crippen LogP contribution in [0, 0.1) is 0 Å². The molecule has 138 valence electrons. The Labute approximate surface area is 163 Å². The maximum Gasteiger partial charge on any atom is 0.120 e. The lowest BCUT2D eigenvalue weighted by atomic mass is 9.69. The van der Waals surface area contributed by atoms with Crippen molar-refractivity contribution in [3.63, 3.8) is 0 Å². The smallest absolute Gasteiger partial charge is 0.120 e. The van der Waals surface area contributed by atoms with Crippen molar-refractivity contribution >= 4 is 0 Å². The van der Waals surface area contributed by atoms with Crippen molar-refractivity contribution in [2.24, 2.45) is 0 Å². The molecule has 0 radical (unpaired) electrons. The Bertz CT molecular complexity index is 890. The van der Waals surface area contributed by atoms with Crippen LogP contribution >= 0.6 is 0 Å². The lowest BCUT2D eigenvalue weighted by Gasteiger charge is -2.35. The molecule has 0 heterocycles. The number of rotatable bonds is 3. The molecule has 3 aromatic carbocycles. The number of ether oxygens (including phenoxy) is 1. The highest BCUT2D eigenvalue weighted by Gasteiger charge is 2.32. The van der Waals surface area contributed by atoms with Crippen LogP contribution in [-0.4, -0.2) is 5.60 Å². The minimum Gasteiger partial charge on any atom is -0.488 e. The van der Waals surface area contributed by atoms with Gasteiger partial charge in [0.1, 0.15) is 11.4 Å². The molecule has 0 aliphatic heterocycles. The Balaban J connectivity index is 1.77. The fraction of sp³-hybridized carbons (Fsp3) is 0.308. The summed E-state index contributed by atoms with van der Waals surface area (Å²) < 4.78 is 6.12. The molecule has 1 aliphatic rings. The standard InChI is InChI=1S/C26H28O/c1-26(2,3)27-22-15-17-24-21(18-22)14-16-23(19-10-6-4-7-11-19)25(24)20-12-8-5-9-13-20/h4-13,15,17-18,23,25H,14,16H2,1-3H3/t23-,25+/m1/s1. The number of aryl methyl sites for hydroxylation is 1. The van der Waals surface area contributed by atoms with Crippen LogP contribution in [0.3, 0.4) is 0 Å². The van der Waals surface area contributed by atoms with Crippen molar-refractivity contribution in [2.45, 2.75) is 51.0 Å². The first-order valence-corrected chi connectivity index (χ1v) is 9.93. The summed E-state index contributed by atoms with van der Waals surface area (Å²) in [6, 6.07) is 28.6. The van der Waals surface area contributed by atoms with Crippen LogP contribution in [0.5, 0.6) is 5.75 Å². The van der Waals surface area contributed by atoms with Crippen molar-refractivity contribution in [2.75, 3.05) is 0 Å². The zero-order valence-electron chi connectivity index (χ0n) is 16.5. The van der Waals surface area contributed by atoms with Gasteiger partial charge in [-0.15, -0.1) is 0 Å². The lowest BCUT2D eigenvalue weighted by Crippen LogP contribution is -2.24. The summed E-state index contributed by atoms with van der Waals surface area (Å²) >= 11 is 0. The Hall–Kier alpha value is -2.54. The van der Waals surface area contributed by atoms with E-state index in [9.17, 15) is 0 Å². The molecule has 1 aliphatic carbocycles. The number of hydrogen-bond donors (Lipinski definition) is 0. The lowest BCUT2D eigenvalue weighted by molar-refractivity contribution is 0.130. The van der Waals surface area contributed by atoms with E-state index in [0.717, 1.165) is 18.6 Å². The molecule has 0 bridgehead atoms. The second kappa shape index (κ2) is 7.23. The molecule has 0 fully saturated rings. The predicted molar refractivity (Wildman–Crippen MR) is 113 cm³/mol. The largest absolute Gasteiger partial charge is 0.488 e. The summed E-state index contributed by atoms with van der Waals surface area (Å²) in [5, 5.41) is 0. The summed E-state index contributed by atoms with van der Waals surface area (Å²) in [6.07, 6.45) is 2.26. The highest BCUT2D eigenvalue weighted by molar-refractivity contribution is 5.47. The number of fused-ring (bicyclic) bond motifs is 1. The molecule has 0 N–H and O–H groups in total. The van der Waals surface area contributed by atoms with Crippen molar-refractivity contribution in [1.29, 1.82) is 0 Å². The minimum absolute atomic E-state index is 0.172. The third-order valence-corrected chi connectivity index (χ3v) is 5.39. The van der Waals surface area contributed by atoms with E-state index in [2.05, 4.69) is 99.6 Å². The molecular weight excluding hydrogens is 328 g/mol. The van der Waals surface area contributed by atoms with Crippen LogP contribution in [-0.2, 0) is 6.42 Å². The van der Waals surface area contributed by atoms with E-state index in [0.29, 0.717) is 11.8 Å². The average Bonchev–Trinajstić information content (AvgIpc) is 2.67. The molecule has 0 amide bonds. The monoisotopic (exact) mass is 356 g/mol. The summed E-state index contributed by atoms with van der Waals surface area (Å²) in [7, 11) is 0. The SMILES string of the molecule is CC(C)(C)Oc1ccc2c(c1)CC[C@H](c1ccccc1)[C@@H]2c1ccccc1. The summed E-state index contributed by atoms with van der Waals surface area (Å²) in [5.74, 6) is 1.88. The summed E-state index contributed by atoms with van der Waals surface area (Å²) in [5.41, 5.74) is 5.54. The van der Waals surface area contributed by atoms with Gasteiger partial charge in [-0.25, -0.2) is 0 Å². The van der Waals surface area contributed by atoms with Gasteiger partial charge in [0, 0.05) is 5.92 Å². The summed E-state index contributed by atoms with van der Waals surface area (Å²) in [4.78, 5) is 0. The Morgan fingerprint density at radius 3 is 2.04 bits per heavy atom. The molecule has 0 saturated carbocycles. The first-order valence-electron chi connectivity index (χ1n) is 9.93. The van der Waals surface area contributed by atoms with Gasteiger partial charge in [0.15, 0.2) is 0 Å². The molecule has 3 aromatic rings. The van der Waals surface area contributed by atoms with Gasteiger partial charge in [-0.1, -0.05) is 66.7 Å². The maximum absolute atomic E-state index is 6.12. The van der Waals surface area contributed by atoms with E-state index in [1.54, 1.807) is 0 Å². The molecule has 1 nitrogen and oxygen atoms in total. The van der Waals surface area contributed by atoms with Crippen LogP contribution in [0.2, 0.25) is 0 Å². The van der Waals surface area contributed by atoms with Crippen molar-refractivity contribution in [3.8, 4) is 5.75 Å². The predicted octanol–water partition coefficient (Wildman–Crippen LogP) is 6.73. The first kappa shape index (κ1) is 17.9. The van der Waals surface area contributed by atoms with Crippen LogP contribution in [0.15, 0.2) is 78.9 Å². The number of benzene rings is 3. The van der Waals surface area contributed by atoms with Crippen LogP contribution in [0.4, 0.5) is 0 Å².